The molecule has 2 N–H and O–H groups in total. The zero-order valence-electron chi connectivity index (χ0n) is 14.0. The minimum atomic E-state index is -0.232. The number of carbonyl (C=O) groups is 1. The number of H-pyrrole nitrogens is 1. The van der Waals surface area contributed by atoms with E-state index in [1.54, 1.807) is 12.1 Å². The molecule has 0 bridgehead atoms. The highest BCUT2D eigenvalue weighted by Gasteiger charge is 2.14. The van der Waals surface area contributed by atoms with Crippen LogP contribution < -0.4 is 5.32 Å². The number of anilines is 1. The maximum atomic E-state index is 12.1. The van der Waals surface area contributed by atoms with Crippen molar-refractivity contribution < 1.29 is 4.79 Å². The van der Waals surface area contributed by atoms with Crippen LogP contribution in [0.3, 0.4) is 0 Å². The van der Waals surface area contributed by atoms with Crippen LogP contribution in [-0.2, 0) is 5.41 Å². The molecule has 0 atom stereocenters. The molecule has 1 heterocycles. The maximum Gasteiger partial charge on any atom is 0.258 e. The number of aromatic nitrogens is 3. The Hall–Kier alpha value is -2.95. The highest BCUT2D eigenvalue weighted by molar-refractivity contribution is 6.03. The Morgan fingerprint density at radius 3 is 2.29 bits per heavy atom. The molecule has 24 heavy (non-hydrogen) atoms. The SMILES string of the molecule is CC(C)(C)c1ccc(-c2nc(NC(=O)c3ccccc3)n[nH]2)cc1. The summed E-state index contributed by atoms with van der Waals surface area (Å²) in [5.74, 6) is 0.654. The van der Waals surface area contributed by atoms with Gasteiger partial charge in [-0.25, -0.2) is 0 Å². The molecule has 0 fully saturated rings. The largest absolute Gasteiger partial charge is 0.289 e. The van der Waals surface area contributed by atoms with Gasteiger partial charge in [0, 0.05) is 11.1 Å². The van der Waals surface area contributed by atoms with Gasteiger partial charge in [-0.2, -0.15) is 4.98 Å². The first kappa shape index (κ1) is 15.9. The molecule has 3 aromatic rings. The van der Waals surface area contributed by atoms with Gasteiger partial charge >= 0.3 is 0 Å². The first-order valence-corrected chi connectivity index (χ1v) is 7.83. The highest BCUT2D eigenvalue weighted by Crippen LogP contribution is 2.25. The molecule has 0 unspecified atom stereocenters. The van der Waals surface area contributed by atoms with Crippen molar-refractivity contribution in [2.24, 2.45) is 0 Å². The summed E-state index contributed by atoms with van der Waals surface area (Å²) in [6.45, 7) is 6.52. The first-order chi connectivity index (χ1) is 11.4. The van der Waals surface area contributed by atoms with Crippen LogP contribution >= 0.6 is 0 Å². The van der Waals surface area contributed by atoms with Crippen LogP contribution in [0.25, 0.3) is 11.4 Å². The van der Waals surface area contributed by atoms with Gasteiger partial charge in [0.2, 0.25) is 5.95 Å². The minimum absolute atomic E-state index is 0.106. The number of nitrogens with one attached hydrogen (secondary N) is 2. The number of hydrogen-bond acceptors (Lipinski definition) is 3. The lowest BCUT2D eigenvalue weighted by Gasteiger charge is -2.18. The van der Waals surface area contributed by atoms with Crippen molar-refractivity contribution in [3.8, 4) is 11.4 Å². The third-order valence-electron chi connectivity index (χ3n) is 3.77. The number of hydrogen-bond donors (Lipinski definition) is 2. The monoisotopic (exact) mass is 320 g/mol. The number of carbonyl (C=O) groups excluding carboxylic acids is 1. The standard InChI is InChI=1S/C19H20N4O/c1-19(2,3)15-11-9-13(10-12-15)16-20-18(23-22-16)21-17(24)14-7-5-4-6-8-14/h4-12H,1-3H3,(H2,20,21,22,23,24). The number of rotatable bonds is 3. The van der Waals surface area contributed by atoms with E-state index in [1.807, 2.05) is 30.3 Å². The number of aromatic amines is 1. The summed E-state index contributed by atoms with van der Waals surface area (Å²) in [7, 11) is 0. The molecule has 2 aromatic carbocycles. The zero-order valence-corrected chi connectivity index (χ0v) is 14.0. The number of benzene rings is 2. The molecule has 5 heteroatoms. The molecule has 0 aliphatic rings. The average Bonchev–Trinajstić information content (AvgIpc) is 3.03. The van der Waals surface area contributed by atoms with Gasteiger partial charge in [-0.05, 0) is 23.1 Å². The molecule has 0 saturated heterocycles. The van der Waals surface area contributed by atoms with Gasteiger partial charge in [0.1, 0.15) is 0 Å². The lowest BCUT2D eigenvalue weighted by Crippen LogP contribution is -2.12. The Morgan fingerprint density at radius 2 is 1.67 bits per heavy atom. The Kier molecular flexibility index (Phi) is 4.16. The summed E-state index contributed by atoms with van der Waals surface area (Å²) in [6.07, 6.45) is 0. The van der Waals surface area contributed by atoms with Gasteiger partial charge in [0.05, 0.1) is 0 Å². The molecule has 0 aliphatic carbocycles. The predicted octanol–water partition coefficient (Wildman–Crippen LogP) is 4.02. The zero-order chi connectivity index (χ0) is 17.2. The van der Waals surface area contributed by atoms with Crippen LogP contribution in [-0.4, -0.2) is 21.1 Å². The quantitative estimate of drug-likeness (QED) is 0.765. The van der Waals surface area contributed by atoms with E-state index in [1.165, 1.54) is 5.56 Å². The predicted molar refractivity (Wildman–Crippen MR) is 94.9 cm³/mol. The summed E-state index contributed by atoms with van der Waals surface area (Å²) >= 11 is 0. The second-order valence-electron chi connectivity index (χ2n) is 6.66. The third kappa shape index (κ3) is 3.51. The molecular weight excluding hydrogens is 300 g/mol. The Labute approximate surface area is 141 Å². The van der Waals surface area contributed by atoms with Crippen molar-refractivity contribution in [2.45, 2.75) is 26.2 Å². The van der Waals surface area contributed by atoms with Gasteiger partial charge < -0.3 is 0 Å². The van der Waals surface area contributed by atoms with E-state index >= 15 is 0 Å². The third-order valence-corrected chi connectivity index (χ3v) is 3.77. The van der Waals surface area contributed by atoms with E-state index in [2.05, 4.69) is 53.4 Å². The number of amides is 1. The van der Waals surface area contributed by atoms with E-state index in [9.17, 15) is 4.79 Å². The van der Waals surface area contributed by atoms with Crippen LogP contribution in [0, 0.1) is 0 Å². The van der Waals surface area contributed by atoms with Crippen LogP contribution in [0.4, 0.5) is 5.95 Å². The topological polar surface area (TPSA) is 70.7 Å². The van der Waals surface area contributed by atoms with Gasteiger partial charge in [-0.3, -0.25) is 15.2 Å². The fraction of sp³-hybridized carbons (Fsp3) is 0.211. The summed E-state index contributed by atoms with van der Waals surface area (Å²) < 4.78 is 0. The van der Waals surface area contributed by atoms with Gasteiger partial charge in [0.25, 0.3) is 5.91 Å². The molecule has 0 aliphatic heterocycles. The Morgan fingerprint density at radius 1 is 1.00 bits per heavy atom. The minimum Gasteiger partial charge on any atom is -0.289 e. The molecule has 1 aromatic heterocycles. The van der Waals surface area contributed by atoms with Crippen LogP contribution in [0.2, 0.25) is 0 Å². The molecule has 1 amide bonds. The van der Waals surface area contributed by atoms with Crippen LogP contribution in [0.1, 0.15) is 36.7 Å². The molecule has 0 radical (unpaired) electrons. The lowest BCUT2D eigenvalue weighted by atomic mass is 9.87. The lowest BCUT2D eigenvalue weighted by molar-refractivity contribution is 0.102. The Bertz CT molecular complexity index is 830. The average molecular weight is 320 g/mol. The van der Waals surface area contributed by atoms with E-state index in [0.717, 1.165) is 5.56 Å². The number of nitrogens with zero attached hydrogens (tertiary/aromatic N) is 2. The molecular formula is C19H20N4O. The van der Waals surface area contributed by atoms with Gasteiger partial charge in [-0.15, -0.1) is 5.10 Å². The summed E-state index contributed by atoms with van der Waals surface area (Å²) in [5.41, 5.74) is 2.85. The second kappa shape index (κ2) is 6.28. The van der Waals surface area contributed by atoms with E-state index in [-0.39, 0.29) is 17.3 Å². The highest BCUT2D eigenvalue weighted by atomic mass is 16.1. The molecule has 3 rings (SSSR count). The van der Waals surface area contributed by atoms with Crippen molar-refractivity contribution in [2.75, 3.05) is 5.32 Å². The smallest absolute Gasteiger partial charge is 0.258 e. The molecule has 122 valence electrons. The van der Waals surface area contributed by atoms with E-state index in [4.69, 9.17) is 0 Å². The van der Waals surface area contributed by atoms with Gasteiger partial charge in [-0.1, -0.05) is 63.2 Å². The van der Waals surface area contributed by atoms with Crippen molar-refractivity contribution in [1.82, 2.24) is 15.2 Å². The molecule has 0 saturated carbocycles. The first-order valence-electron chi connectivity index (χ1n) is 7.83. The van der Waals surface area contributed by atoms with Crippen molar-refractivity contribution >= 4 is 11.9 Å². The van der Waals surface area contributed by atoms with E-state index < -0.39 is 0 Å². The fourth-order valence-corrected chi connectivity index (χ4v) is 2.34. The molecule has 5 nitrogen and oxygen atoms in total. The fourth-order valence-electron chi connectivity index (χ4n) is 2.34. The normalized spacial score (nSPS) is 11.3. The van der Waals surface area contributed by atoms with Crippen molar-refractivity contribution in [3.63, 3.8) is 0 Å². The summed E-state index contributed by atoms with van der Waals surface area (Å²) in [5, 5.41) is 9.61. The van der Waals surface area contributed by atoms with Crippen molar-refractivity contribution in [3.05, 3.63) is 65.7 Å². The molecule has 0 spiro atoms. The van der Waals surface area contributed by atoms with Crippen LogP contribution in [0.15, 0.2) is 54.6 Å². The van der Waals surface area contributed by atoms with E-state index in [0.29, 0.717) is 11.4 Å². The Balaban J connectivity index is 1.75. The summed E-state index contributed by atoms with van der Waals surface area (Å²) in [4.78, 5) is 16.4. The van der Waals surface area contributed by atoms with Crippen molar-refractivity contribution in [1.29, 1.82) is 0 Å². The van der Waals surface area contributed by atoms with Crippen LogP contribution in [0.5, 0.6) is 0 Å². The second-order valence-corrected chi connectivity index (χ2v) is 6.66. The van der Waals surface area contributed by atoms with Gasteiger partial charge in [0.15, 0.2) is 5.82 Å². The summed E-state index contributed by atoms with van der Waals surface area (Å²) in [6, 6.07) is 17.2. The maximum absolute atomic E-state index is 12.1.